The SMILES string of the molecule is CO.C[C-](C)C.[Cl-].[Cl-].[Ti+4].[c-]1c(-c2cccc3c2Cc2ccccc2-3)ccc2ccccc12. The molecule has 0 saturated heterocycles. The van der Waals surface area contributed by atoms with Crippen molar-refractivity contribution in [1.29, 1.82) is 0 Å². The van der Waals surface area contributed by atoms with E-state index in [0.717, 1.165) is 13.5 Å². The molecule has 1 aliphatic carbocycles. The first-order valence-electron chi connectivity index (χ1n) is 9.96. The van der Waals surface area contributed by atoms with E-state index in [9.17, 15) is 0 Å². The number of halogens is 2. The molecule has 0 unspecified atom stereocenters. The van der Waals surface area contributed by atoms with Gasteiger partial charge in [0.05, 0.1) is 0 Å². The number of aliphatic hydroxyl groups excluding tert-OH is 1. The predicted octanol–water partition coefficient (Wildman–Crippen LogP) is 1.11. The summed E-state index contributed by atoms with van der Waals surface area (Å²) in [6.45, 7) is 6.25. The van der Waals surface area contributed by atoms with E-state index in [4.69, 9.17) is 5.11 Å². The summed E-state index contributed by atoms with van der Waals surface area (Å²) in [6.07, 6.45) is 1.02. The standard InChI is InChI=1S/C23H15.C4H9.CH4O.2ClH.Ti/c1-2-7-17-14-19(13-12-16(17)6-1)21-10-5-11-22-20-9-4-3-8-18(20)15-23(21)22;1-4(2)3;1-2;;;/h1-13H,15H2;1-3H3;2H,1H3;2*1H;/q2*-1;;;;+4/p-2. The third kappa shape index (κ3) is 6.94. The first-order chi connectivity index (χ1) is 14.1. The van der Waals surface area contributed by atoms with Crippen molar-refractivity contribution in [2.75, 3.05) is 7.11 Å². The van der Waals surface area contributed by atoms with Crippen LogP contribution in [0.25, 0.3) is 33.0 Å². The van der Waals surface area contributed by atoms with Crippen molar-refractivity contribution in [3.8, 4) is 22.3 Å². The van der Waals surface area contributed by atoms with Gasteiger partial charge in [-0.1, -0.05) is 77.2 Å². The van der Waals surface area contributed by atoms with Crippen LogP contribution in [0.1, 0.15) is 31.9 Å². The summed E-state index contributed by atoms with van der Waals surface area (Å²) in [6, 6.07) is 31.8. The Kier molecular flexibility index (Phi) is 13.8. The van der Waals surface area contributed by atoms with Crippen molar-refractivity contribution in [2.24, 2.45) is 0 Å². The normalized spacial score (nSPS) is 10.1. The molecule has 0 saturated carbocycles. The van der Waals surface area contributed by atoms with E-state index >= 15 is 0 Å². The van der Waals surface area contributed by atoms with E-state index in [1.807, 2.05) is 0 Å². The van der Waals surface area contributed by atoms with Gasteiger partial charge in [-0.3, -0.25) is 0 Å². The molecule has 0 fully saturated rings. The fraction of sp³-hybridized carbons (Fsp3) is 0.179. The summed E-state index contributed by atoms with van der Waals surface area (Å²) in [7, 11) is 1.00. The number of fused-ring (bicyclic) bond motifs is 4. The van der Waals surface area contributed by atoms with Crippen LogP contribution < -0.4 is 24.8 Å². The second kappa shape index (κ2) is 14.5. The van der Waals surface area contributed by atoms with E-state index in [2.05, 4.69) is 106 Å². The molecule has 0 amide bonds. The smallest absolute Gasteiger partial charge is 1.00 e. The van der Waals surface area contributed by atoms with Crippen LogP contribution in [0.4, 0.5) is 0 Å². The summed E-state index contributed by atoms with van der Waals surface area (Å²) in [5.41, 5.74) is 8.11. The zero-order valence-electron chi connectivity index (χ0n) is 18.9. The topological polar surface area (TPSA) is 20.2 Å². The Balaban J connectivity index is 0.000000974. The molecule has 0 heterocycles. The average Bonchev–Trinajstić information content (AvgIpc) is 3.13. The molecular formula is C28H28Cl2OTi. The van der Waals surface area contributed by atoms with Gasteiger partial charge in [0, 0.05) is 7.11 Å². The van der Waals surface area contributed by atoms with E-state index in [-0.39, 0.29) is 46.5 Å². The maximum atomic E-state index is 7.00. The average molecular weight is 499 g/mol. The fourth-order valence-electron chi connectivity index (χ4n) is 3.68. The number of hydrogen-bond acceptors (Lipinski definition) is 1. The first kappa shape index (κ1) is 30.4. The molecule has 5 rings (SSSR count). The Bertz CT molecular complexity index is 1110. The van der Waals surface area contributed by atoms with Crippen molar-refractivity contribution in [2.45, 2.75) is 27.2 Å². The van der Waals surface area contributed by atoms with Gasteiger partial charge >= 0.3 is 21.7 Å². The van der Waals surface area contributed by atoms with Gasteiger partial charge in [0.25, 0.3) is 0 Å². The zero-order valence-corrected chi connectivity index (χ0v) is 22.0. The molecule has 164 valence electrons. The van der Waals surface area contributed by atoms with Crippen molar-refractivity contribution in [3.05, 3.63) is 102 Å². The van der Waals surface area contributed by atoms with Gasteiger partial charge in [-0.2, -0.15) is 20.8 Å². The summed E-state index contributed by atoms with van der Waals surface area (Å²) < 4.78 is 0. The molecule has 0 aromatic heterocycles. The predicted molar refractivity (Wildman–Crippen MR) is 125 cm³/mol. The van der Waals surface area contributed by atoms with Crippen molar-refractivity contribution in [1.82, 2.24) is 0 Å². The summed E-state index contributed by atoms with van der Waals surface area (Å²) in [4.78, 5) is 0. The molecule has 0 radical (unpaired) electrons. The van der Waals surface area contributed by atoms with E-state index in [1.54, 1.807) is 0 Å². The van der Waals surface area contributed by atoms with Crippen LogP contribution in [0.3, 0.4) is 0 Å². The second-order valence-electron chi connectivity index (χ2n) is 7.62. The van der Waals surface area contributed by atoms with Gasteiger partial charge in [-0.05, 0) is 23.1 Å². The minimum absolute atomic E-state index is 0. The van der Waals surface area contributed by atoms with Crippen molar-refractivity contribution < 1.29 is 51.6 Å². The Morgan fingerprint density at radius 2 is 1.25 bits per heavy atom. The van der Waals surface area contributed by atoms with Gasteiger partial charge in [0.1, 0.15) is 0 Å². The van der Waals surface area contributed by atoms with Gasteiger partial charge in [-0.15, -0.1) is 35.2 Å². The minimum Gasteiger partial charge on any atom is -1.00 e. The maximum absolute atomic E-state index is 7.00. The molecule has 0 spiro atoms. The fourth-order valence-corrected chi connectivity index (χ4v) is 3.68. The summed E-state index contributed by atoms with van der Waals surface area (Å²) in [5.74, 6) is 1.42. The van der Waals surface area contributed by atoms with Crippen LogP contribution in [0.5, 0.6) is 0 Å². The monoisotopic (exact) mass is 498 g/mol. The molecule has 0 bridgehead atoms. The number of rotatable bonds is 1. The Hall–Kier alpha value is -1.61. The van der Waals surface area contributed by atoms with E-state index < -0.39 is 0 Å². The maximum Gasteiger partial charge on any atom is 4.00 e. The third-order valence-corrected chi connectivity index (χ3v) is 4.80. The van der Waals surface area contributed by atoms with Gasteiger partial charge in [-0.25, -0.2) is 0 Å². The van der Waals surface area contributed by atoms with Crippen LogP contribution in [0.2, 0.25) is 0 Å². The zero-order chi connectivity index (χ0) is 20.8. The summed E-state index contributed by atoms with van der Waals surface area (Å²) >= 11 is 0. The summed E-state index contributed by atoms with van der Waals surface area (Å²) in [5, 5.41) is 9.42. The van der Waals surface area contributed by atoms with Crippen LogP contribution in [0, 0.1) is 12.0 Å². The van der Waals surface area contributed by atoms with Gasteiger partial charge in [0.15, 0.2) is 0 Å². The molecule has 32 heavy (non-hydrogen) atoms. The van der Waals surface area contributed by atoms with E-state index in [1.165, 1.54) is 50.1 Å². The largest absolute Gasteiger partial charge is 4.00 e. The van der Waals surface area contributed by atoms with Crippen LogP contribution in [-0.2, 0) is 28.1 Å². The van der Waals surface area contributed by atoms with Crippen LogP contribution >= 0.6 is 0 Å². The number of aliphatic hydroxyl groups is 1. The quantitative estimate of drug-likeness (QED) is 0.271. The number of hydrogen-bond donors (Lipinski definition) is 1. The molecule has 4 aromatic rings. The molecule has 1 N–H and O–H groups in total. The molecule has 1 aliphatic rings. The van der Waals surface area contributed by atoms with Crippen molar-refractivity contribution in [3.63, 3.8) is 0 Å². The Labute approximate surface area is 220 Å². The molecular weight excluding hydrogens is 471 g/mol. The molecule has 0 atom stereocenters. The van der Waals surface area contributed by atoms with Gasteiger partial charge in [0.2, 0.25) is 0 Å². The van der Waals surface area contributed by atoms with Gasteiger partial charge < -0.3 is 35.8 Å². The third-order valence-electron chi connectivity index (χ3n) is 4.80. The molecule has 4 heteroatoms. The van der Waals surface area contributed by atoms with Crippen molar-refractivity contribution >= 4 is 10.8 Å². The molecule has 1 nitrogen and oxygen atoms in total. The number of benzene rings is 4. The molecule has 0 aliphatic heterocycles. The molecule has 4 aromatic carbocycles. The minimum atomic E-state index is 0. The van der Waals surface area contributed by atoms with Crippen LogP contribution in [0.15, 0.2) is 78.9 Å². The first-order valence-corrected chi connectivity index (χ1v) is 9.96. The second-order valence-corrected chi connectivity index (χ2v) is 7.62. The Morgan fingerprint density at radius 3 is 1.97 bits per heavy atom. The van der Waals surface area contributed by atoms with E-state index in [0.29, 0.717) is 0 Å². The Morgan fingerprint density at radius 1 is 0.688 bits per heavy atom. The van der Waals surface area contributed by atoms with Crippen LogP contribution in [-0.4, -0.2) is 12.2 Å².